The van der Waals surface area contributed by atoms with Crippen LogP contribution in [0.2, 0.25) is 0 Å². The van der Waals surface area contributed by atoms with Crippen LogP contribution < -0.4 is 5.32 Å². The standard InChI is InChI=1S/C16H18N2O3S/c1-11-2-4-12(5-3-11)6-7-14(19)17-9-8-15-18-13(10-22-15)16(20)21/h2-5,10H,6-9H2,1H3,(H,17,19)(H,20,21). The quantitative estimate of drug-likeness (QED) is 0.822. The van der Waals surface area contributed by atoms with Crippen molar-refractivity contribution in [2.75, 3.05) is 6.54 Å². The second-order valence-corrected chi connectivity index (χ2v) is 5.96. The molecule has 0 aliphatic carbocycles. The number of carbonyl (C=O) groups excluding carboxylic acids is 1. The third kappa shape index (κ3) is 4.96. The fraction of sp³-hybridized carbons (Fsp3) is 0.312. The number of benzene rings is 1. The van der Waals surface area contributed by atoms with E-state index in [1.165, 1.54) is 22.3 Å². The molecule has 1 amide bonds. The highest BCUT2D eigenvalue weighted by Gasteiger charge is 2.08. The maximum absolute atomic E-state index is 11.8. The normalized spacial score (nSPS) is 10.4. The minimum absolute atomic E-state index is 0.00408. The molecule has 1 heterocycles. The number of aromatic carboxylic acids is 1. The second kappa shape index (κ2) is 7.70. The van der Waals surface area contributed by atoms with Crippen LogP contribution in [0.3, 0.4) is 0 Å². The van der Waals surface area contributed by atoms with Crippen LogP contribution in [0.15, 0.2) is 29.6 Å². The van der Waals surface area contributed by atoms with Gasteiger partial charge in [-0.25, -0.2) is 9.78 Å². The molecule has 2 aromatic rings. The van der Waals surface area contributed by atoms with Gasteiger partial charge in [0.25, 0.3) is 0 Å². The van der Waals surface area contributed by atoms with Gasteiger partial charge in [-0.15, -0.1) is 11.3 Å². The monoisotopic (exact) mass is 318 g/mol. The Bertz CT molecular complexity index is 650. The van der Waals surface area contributed by atoms with E-state index in [0.717, 1.165) is 10.6 Å². The summed E-state index contributed by atoms with van der Waals surface area (Å²) in [6.45, 7) is 2.50. The number of nitrogens with one attached hydrogen (secondary N) is 1. The highest BCUT2D eigenvalue weighted by atomic mass is 32.1. The smallest absolute Gasteiger partial charge is 0.355 e. The fourth-order valence-corrected chi connectivity index (χ4v) is 2.71. The summed E-state index contributed by atoms with van der Waals surface area (Å²) in [5.41, 5.74) is 2.41. The lowest BCUT2D eigenvalue weighted by Crippen LogP contribution is -2.25. The molecule has 0 bridgehead atoms. The number of rotatable bonds is 7. The average molecular weight is 318 g/mol. The first kappa shape index (κ1) is 16.2. The van der Waals surface area contributed by atoms with E-state index in [0.29, 0.717) is 25.8 Å². The molecule has 0 unspecified atom stereocenters. The SMILES string of the molecule is Cc1ccc(CCC(=O)NCCc2nc(C(=O)O)cs2)cc1. The van der Waals surface area contributed by atoms with Crippen LogP contribution in [-0.4, -0.2) is 28.5 Å². The van der Waals surface area contributed by atoms with Gasteiger partial charge >= 0.3 is 5.97 Å². The summed E-state index contributed by atoms with van der Waals surface area (Å²) < 4.78 is 0. The van der Waals surface area contributed by atoms with Crippen LogP contribution in [0.5, 0.6) is 0 Å². The third-order valence-corrected chi connectivity index (χ3v) is 4.10. The van der Waals surface area contributed by atoms with Gasteiger partial charge in [0.05, 0.1) is 5.01 Å². The van der Waals surface area contributed by atoms with Gasteiger partial charge in [0.15, 0.2) is 5.69 Å². The number of carbonyl (C=O) groups is 2. The Kier molecular flexibility index (Phi) is 5.66. The Morgan fingerprint density at radius 3 is 2.59 bits per heavy atom. The molecule has 0 saturated heterocycles. The third-order valence-electron chi connectivity index (χ3n) is 3.19. The Hall–Kier alpha value is -2.21. The lowest BCUT2D eigenvalue weighted by atomic mass is 10.1. The molecule has 0 aliphatic heterocycles. The number of hydrogen-bond acceptors (Lipinski definition) is 4. The van der Waals surface area contributed by atoms with Crippen molar-refractivity contribution in [3.8, 4) is 0 Å². The van der Waals surface area contributed by atoms with Crippen LogP contribution in [0, 0.1) is 6.92 Å². The fourth-order valence-electron chi connectivity index (χ4n) is 1.93. The van der Waals surface area contributed by atoms with Crippen molar-refractivity contribution in [3.05, 3.63) is 51.5 Å². The number of amides is 1. The topological polar surface area (TPSA) is 79.3 Å². The maximum atomic E-state index is 11.8. The van der Waals surface area contributed by atoms with E-state index in [-0.39, 0.29) is 11.6 Å². The van der Waals surface area contributed by atoms with Gasteiger partial charge in [-0.05, 0) is 18.9 Å². The Morgan fingerprint density at radius 1 is 1.23 bits per heavy atom. The first-order valence-corrected chi connectivity index (χ1v) is 7.92. The van der Waals surface area contributed by atoms with Crippen molar-refractivity contribution in [2.45, 2.75) is 26.2 Å². The van der Waals surface area contributed by atoms with E-state index in [1.54, 1.807) is 0 Å². The van der Waals surface area contributed by atoms with E-state index in [1.807, 2.05) is 31.2 Å². The van der Waals surface area contributed by atoms with Crippen LogP contribution in [0.1, 0.15) is 33.0 Å². The number of aryl methyl sites for hydroxylation is 2. The van der Waals surface area contributed by atoms with E-state index in [2.05, 4.69) is 10.3 Å². The van der Waals surface area contributed by atoms with E-state index in [9.17, 15) is 9.59 Å². The molecule has 0 fully saturated rings. The lowest BCUT2D eigenvalue weighted by molar-refractivity contribution is -0.121. The number of carboxylic acid groups (broad SMARTS) is 1. The average Bonchev–Trinajstić information content (AvgIpc) is 2.96. The van der Waals surface area contributed by atoms with Crippen molar-refractivity contribution < 1.29 is 14.7 Å². The van der Waals surface area contributed by atoms with Gasteiger partial charge in [0, 0.05) is 24.8 Å². The molecular formula is C16H18N2O3S. The molecule has 0 atom stereocenters. The molecule has 22 heavy (non-hydrogen) atoms. The van der Waals surface area contributed by atoms with Crippen molar-refractivity contribution in [3.63, 3.8) is 0 Å². The van der Waals surface area contributed by atoms with E-state index < -0.39 is 5.97 Å². The molecule has 0 aliphatic rings. The summed E-state index contributed by atoms with van der Waals surface area (Å²) in [6.07, 6.45) is 1.71. The van der Waals surface area contributed by atoms with Crippen LogP contribution >= 0.6 is 11.3 Å². The molecular weight excluding hydrogens is 300 g/mol. The van der Waals surface area contributed by atoms with E-state index in [4.69, 9.17) is 5.11 Å². The minimum atomic E-state index is -1.02. The molecule has 6 heteroatoms. The molecule has 2 rings (SSSR count). The van der Waals surface area contributed by atoms with Crippen LogP contribution in [-0.2, 0) is 17.6 Å². The second-order valence-electron chi connectivity index (χ2n) is 5.02. The zero-order valence-corrected chi connectivity index (χ0v) is 13.2. The minimum Gasteiger partial charge on any atom is -0.476 e. The summed E-state index contributed by atoms with van der Waals surface area (Å²) in [5, 5.41) is 13.8. The summed E-state index contributed by atoms with van der Waals surface area (Å²) in [7, 11) is 0. The Balaban J connectivity index is 1.69. The zero-order chi connectivity index (χ0) is 15.9. The molecule has 2 N–H and O–H groups in total. The van der Waals surface area contributed by atoms with Crippen molar-refractivity contribution in [1.29, 1.82) is 0 Å². The van der Waals surface area contributed by atoms with Gasteiger partial charge in [-0.1, -0.05) is 29.8 Å². The van der Waals surface area contributed by atoms with Gasteiger partial charge in [-0.3, -0.25) is 4.79 Å². The van der Waals surface area contributed by atoms with Gasteiger partial charge < -0.3 is 10.4 Å². The molecule has 116 valence electrons. The van der Waals surface area contributed by atoms with Crippen molar-refractivity contribution in [1.82, 2.24) is 10.3 Å². The molecule has 1 aromatic heterocycles. The predicted octanol–water partition coefficient (Wildman–Crippen LogP) is 2.44. The highest BCUT2D eigenvalue weighted by Crippen LogP contribution is 2.10. The predicted molar refractivity (Wildman–Crippen MR) is 85.3 cm³/mol. The number of carboxylic acids is 1. The first-order valence-electron chi connectivity index (χ1n) is 7.04. The van der Waals surface area contributed by atoms with Crippen LogP contribution in [0.25, 0.3) is 0 Å². The summed E-state index contributed by atoms with van der Waals surface area (Å²) in [6, 6.07) is 8.14. The molecule has 1 aromatic carbocycles. The number of aromatic nitrogens is 1. The van der Waals surface area contributed by atoms with Gasteiger partial charge in [-0.2, -0.15) is 0 Å². The zero-order valence-electron chi connectivity index (χ0n) is 12.3. The number of nitrogens with zero attached hydrogens (tertiary/aromatic N) is 1. The van der Waals surface area contributed by atoms with Crippen LogP contribution in [0.4, 0.5) is 0 Å². The molecule has 0 saturated carbocycles. The maximum Gasteiger partial charge on any atom is 0.355 e. The van der Waals surface area contributed by atoms with E-state index >= 15 is 0 Å². The first-order chi connectivity index (χ1) is 10.5. The molecule has 0 spiro atoms. The number of thiazole rings is 1. The van der Waals surface area contributed by atoms with Crippen molar-refractivity contribution in [2.24, 2.45) is 0 Å². The summed E-state index contributed by atoms with van der Waals surface area (Å²) in [5.74, 6) is -1.03. The van der Waals surface area contributed by atoms with Crippen molar-refractivity contribution >= 4 is 23.2 Å². The molecule has 5 nitrogen and oxygen atoms in total. The summed E-state index contributed by atoms with van der Waals surface area (Å²) >= 11 is 1.30. The summed E-state index contributed by atoms with van der Waals surface area (Å²) in [4.78, 5) is 26.5. The largest absolute Gasteiger partial charge is 0.476 e. The Morgan fingerprint density at radius 2 is 1.95 bits per heavy atom. The van der Waals surface area contributed by atoms with Gasteiger partial charge in [0.1, 0.15) is 0 Å². The Labute approximate surface area is 133 Å². The lowest BCUT2D eigenvalue weighted by Gasteiger charge is -2.04. The number of hydrogen-bond donors (Lipinski definition) is 2. The molecule has 0 radical (unpaired) electrons. The highest BCUT2D eigenvalue weighted by molar-refractivity contribution is 7.09. The van der Waals surface area contributed by atoms with Gasteiger partial charge in [0.2, 0.25) is 5.91 Å².